The fourth-order valence-electron chi connectivity index (χ4n) is 2.56. The van der Waals surface area contributed by atoms with Crippen molar-refractivity contribution in [2.75, 3.05) is 19.6 Å². The topological polar surface area (TPSA) is 72.8 Å². The molecule has 1 aliphatic rings. The normalized spacial score (nSPS) is 19.4. The summed E-state index contributed by atoms with van der Waals surface area (Å²) in [5.74, 6) is -0.0181. The Bertz CT molecular complexity index is 468. The van der Waals surface area contributed by atoms with Crippen LogP contribution in [0.3, 0.4) is 0 Å². The predicted molar refractivity (Wildman–Crippen MR) is 76.9 cm³/mol. The molecule has 1 aliphatic heterocycles. The van der Waals surface area contributed by atoms with E-state index in [0.717, 1.165) is 19.5 Å². The molecule has 110 valence electrons. The van der Waals surface area contributed by atoms with E-state index >= 15 is 0 Å². The fourth-order valence-corrected chi connectivity index (χ4v) is 2.56. The Morgan fingerprint density at radius 3 is 2.55 bits per heavy atom. The van der Waals surface area contributed by atoms with Crippen LogP contribution < -0.4 is 5.32 Å². The molecule has 1 aromatic rings. The maximum absolute atomic E-state index is 12.0. The van der Waals surface area contributed by atoms with Crippen molar-refractivity contribution in [1.82, 2.24) is 10.2 Å². The van der Waals surface area contributed by atoms with Crippen molar-refractivity contribution in [2.45, 2.75) is 26.3 Å². The third-order valence-corrected chi connectivity index (χ3v) is 3.76. The van der Waals surface area contributed by atoms with E-state index in [1.807, 2.05) is 0 Å². The van der Waals surface area contributed by atoms with Crippen LogP contribution in [0.25, 0.3) is 0 Å². The molecule has 3 N–H and O–H groups in total. The van der Waals surface area contributed by atoms with Gasteiger partial charge >= 0.3 is 0 Å². The Morgan fingerprint density at radius 2 is 2.00 bits per heavy atom. The molecule has 5 nitrogen and oxygen atoms in total. The Hall–Kier alpha value is -1.75. The first-order valence-corrected chi connectivity index (χ1v) is 7.01. The molecule has 1 heterocycles. The molecule has 0 saturated carbocycles. The summed E-state index contributed by atoms with van der Waals surface area (Å²) in [7, 11) is 0. The number of rotatable bonds is 4. The zero-order valence-electron chi connectivity index (χ0n) is 12.0. The third-order valence-electron chi connectivity index (χ3n) is 3.76. The van der Waals surface area contributed by atoms with Gasteiger partial charge in [-0.3, -0.25) is 4.79 Å². The van der Waals surface area contributed by atoms with E-state index in [4.69, 9.17) is 0 Å². The highest BCUT2D eigenvalue weighted by Gasteiger charge is 2.24. The lowest BCUT2D eigenvalue weighted by Gasteiger charge is -2.20. The quantitative estimate of drug-likeness (QED) is 0.781. The summed E-state index contributed by atoms with van der Waals surface area (Å²) in [4.78, 5) is 14.4. The highest BCUT2D eigenvalue weighted by atomic mass is 16.3. The minimum Gasteiger partial charge on any atom is -0.508 e. The highest BCUT2D eigenvalue weighted by Crippen LogP contribution is 2.21. The number of amides is 1. The number of nitrogens with zero attached hydrogens (tertiary/aromatic N) is 1. The molecule has 5 heteroatoms. The first kappa shape index (κ1) is 14.7. The minimum absolute atomic E-state index is 0.109. The van der Waals surface area contributed by atoms with Gasteiger partial charge in [0.25, 0.3) is 5.91 Å². The zero-order valence-corrected chi connectivity index (χ0v) is 12.0. The van der Waals surface area contributed by atoms with Crippen LogP contribution in [0.2, 0.25) is 0 Å². The number of carbonyl (C=O) groups is 1. The molecule has 0 spiro atoms. The van der Waals surface area contributed by atoms with Crippen LogP contribution >= 0.6 is 0 Å². The van der Waals surface area contributed by atoms with E-state index in [0.29, 0.717) is 18.5 Å². The van der Waals surface area contributed by atoms with E-state index in [1.165, 1.54) is 18.2 Å². The fraction of sp³-hybridized carbons (Fsp3) is 0.533. The summed E-state index contributed by atoms with van der Waals surface area (Å²) in [5, 5.41) is 21.6. The standard InChI is InChI=1S/C15H22N2O3/c1-10(2)17-4-3-11(9-17)8-16-15(20)12-5-13(18)7-14(19)6-12/h5-7,10-11,18-19H,3-4,8-9H2,1-2H3,(H,16,20). The number of likely N-dealkylation sites (tertiary alicyclic amines) is 1. The van der Waals surface area contributed by atoms with E-state index in [1.54, 1.807) is 0 Å². The molecule has 1 unspecified atom stereocenters. The van der Waals surface area contributed by atoms with Gasteiger partial charge in [0.15, 0.2) is 0 Å². The molecule has 0 aromatic heterocycles. The molecule has 20 heavy (non-hydrogen) atoms. The molecule has 0 bridgehead atoms. The number of hydrogen-bond donors (Lipinski definition) is 3. The molecule has 1 aromatic carbocycles. The third kappa shape index (κ3) is 3.63. The van der Waals surface area contributed by atoms with Crippen molar-refractivity contribution in [3.05, 3.63) is 23.8 Å². The largest absolute Gasteiger partial charge is 0.508 e. The Morgan fingerprint density at radius 1 is 1.35 bits per heavy atom. The van der Waals surface area contributed by atoms with Gasteiger partial charge in [0.1, 0.15) is 11.5 Å². The molecule has 1 fully saturated rings. The van der Waals surface area contributed by atoms with Crippen LogP contribution in [0.4, 0.5) is 0 Å². The van der Waals surface area contributed by atoms with Gasteiger partial charge in [-0.2, -0.15) is 0 Å². The number of benzene rings is 1. The first-order chi connectivity index (χ1) is 9.45. The molecular formula is C15H22N2O3. The van der Waals surface area contributed by atoms with Crippen LogP contribution in [0.5, 0.6) is 11.5 Å². The van der Waals surface area contributed by atoms with Gasteiger partial charge in [0, 0.05) is 30.8 Å². The second kappa shape index (κ2) is 6.13. The SMILES string of the molecule is CC(C)N1CCC(CNC(=O)c2cc(O)cc(O)c2)C1. The van der Waals surface area contributed by atoms with Gasteiger partial charge in [-0.15, -0.1) is 0 Å². The van der Waals surface area contributed by atoms with Crippen molar-refractivity contribution < 1.29 is 15.0 Å². The van der Waals surface area contributed by atoms with Crippen LogP contribution in [0, 0.1) is 5.92 Å². The maximum Gasteiger partial charge on any atom is 0.251 e. The molecule has 1 atom stereocenters. The number of phenols is 2. The van der Waals surface area contributed by atoms with Gasteiger partial charge in [-0.25, -0.2) is 0 Å². The van der Waals surface area contributed by atoms with Crippen molar-refractivity contribution in [2.24, 2.45) is 5.92 Å². The molecule has 0 aliphatic carbocycles. The van der Waals surface area contributed by atoms with Crippen molar-refractivity contribution in [1.29, 1.82) is 0 Å². The van der Waals surface area contributed by atoms with Crippen LogP contribution in [0.15, 0.2) is 18.2 Å². The first-order valence-electron chi connectivity index (χ1n) is 7.01. The number of carbonyl (C=O) groups excluding carboxylic acids is 1. The summed E-state index contributed by atoms with van der Waals surface area (Å²) >= 11 is 0. The lowest BCUT2D eigenvalue weighted by atomic mass is 10.1. The second-order valence-electron chi connectivity index (χ2n) is 5.69. The molecule has 1 saturated heterocycles. The van der Waals surface area contributed by atoms with E-state index < -0.39 is 0 Å². The summed E-state index contributed by atoms with van der Waals surface area (Å²) in [6.45, 7) is 7.06. The second-order valence-corrected chi connectivity index (χ2v) is 5.69. The van der Waals surface area contributed by atoms with Crippen LogP contribution in [0.1, 0.15) is 30.6 Å². The monoisotopic (exact) mass is 278 g/mol. The number of phenolic OH excluding ortho intramolecular Hbond substituents is 2. The average molecular weight is 278 g/mol. The Kier molecular flexibility index (Phi) is 4.49. The Balaban J connectivity index is 1.87. The van der Waals surface area contributed by atoms with Gasteiger partial charge in [-0.05, 0) is 44.9 Å². The summed E-state index contributed by atoms with van der Waals surface area (Å²) in [6, 6.07) is 4.45. The van der Waals surface area contributed by atoms with Gasteiger partial charge in [0.05, 0.1) is 0 Å². The summed E-state index contributed by atoms with van der Waals surface area (Å²) in [6.07, 6.45) is 1.09. The smallest absolute Gasteiger partial charge is 0.251 e. The van der Waals surface area contributed by atoms with Crippen LogP contribution in [-0.4, -0.2) is 46.7 Å². The minimum atomic E-state index is -0.265. The summed E-state index contributed by atoms with van der Waals surface area (Å²) < 4.78 is 0. The Labute approximate surface area is 119 Å². The lowest BCUT2D eigenvalue weighted by molar-refractivity contribution is 0.0946. The van der Waals surface area contributed by atoms with Crippen molar-refractivity contribution in [3.8, 4) is 11.5 Å². The summed E-state index contributed by atoms with van der Waals surface area (Å²) in [5.41, 5.74) is 0.279. The van der Waals surface area contributed by atoms with E-state index in [2.05, 4.69) is 24.1 Å². The van der Waals surface area contributed by atoms with Crippen LogP contribution in [-0.2, 0) is 0 Å². The van der Waals surface area contributed by atoms with Gasteiger partial charge in [0.2, 0.25) is 0 Å². The number of hydrogen-bond acceptors (Lipinski definition) is 4. The predicted octanol–water partition coefficient (Wildman–Crippen LogP) is 1.56. The maximum atomic E-state index is 12.0. The molecule has 1 amide bonds. The highest BCUT2D eigenvalue weighted by molar-refractivity contribution is 5.95. The van der Waals surface area contributed by atoms with E-state index in [9.17, 15) is 15.0 Å². The van der Waals surface area contributed by atoms with Crippen molar-refractivity contribution >= 4 is 5.91 Å². The number of nitrogens with one attached hydrogen (secondary N) is 1. The molecule has 0 radical (unpaired) electrons. The zero-order chi connectivity index (χ0) is 14.7. The molecule has 2 rings (SSSR count). The lowest BCUT2D eigenvalue weighted by Crippen LogP contribution is -2.32. The van der Waals surface area contributed by atoms with E-state index in [-0.39, 0.29) is 23.0 Å². The van der Waals surface area contributed by atoms with Gasteiger partial charge in [-0.1, -0.05) is 0 Å². The molecular weight excluding hydrogens is 256 g/mol. The number of aromatic hydroxyl groups is 2. The average Bonchev–Trinajstić information content (AvgIpc) is 2.83. The van der Waals surface area contributed by atoms with Gasteiger partial charge < -0.3 is 20.4 Å². The van der Waals surface area contributed by atoms with Crippen molar-refractivity contribution in [3.63, 3.8) is 0 Å².